The highest BCUT2D eigenvalue weighted by Gasteiger charge is 1.97. The summed E-state index contributed by atoms with van der Waals surface area (Å²) in [7, 11) is 0. The summed E-state index contributed by atoms with van der Waals surface area (Å²) in [6.45, 7) is 6.01. The van der Waals surface area contributed by atoms with E-state index in [0.717, 1.165) is 38.9 Å². The fraction of sp³-hybridized carbons (Fsp3) is 1.00. The summed E-state index contributed by atoms with van der Waals surface area (Å²) < 4.78 is 5.32. The molecule has 0 rings (SSSR count). The topological polar surface area (TPSA) is 35.2 Å². The van der Waals surface area contributed by atoms with Crippen molar-refractivity contribution >= 4 is 0 Å². The lowest BCUT2D eigenvalue weighted by molar-refractivity contribution is 0.129. The van der Waals surface area contributed by atoms with E-state index in [2.05, 4.69) is 13.8 Å². The van der Waals surface area contributed by atoms with Crippen LogP contribution < -0.4 is 5.73 Å². The Kier molecular flexibility index (Phi) is 7.96. The molecule has 0 radical (unpaired) electrons. The molecule has 0 aromatic heterocycles. The van der Waals surface area contributed by atoms with E-state index in [-0.39, 0.29) is 0 Å². The molecule has 11 heavy (non-hydrogen) atoms. The molecule has 1 unspecified atom stereocenters. The maximum absolute atomic E-state index is 5.73. The maximum Gasteiger partial charge on any atom is 0.0466 e. The summed E-state index contributed by atoms with van der Waals surface area (Å²) in [6, 6.07) is 0.375. The summed E-state index contributed by atoms with van der Waals surface area (Å²) in [5.41, 5.74) is 5.73. The second-order valence-corrected chi connectivity index (χ2v) is 2.92. The fourth-order valence-electron chi connectivity index (χ4n) is 0.898. The summed E-state index contributed by atoms with van der Waals surface area (Å²) >= 11 is 0. The van der Waals surface area contributed by atoms with Crippen LogP contribution in [0.5, 0.6) is 0 Å². The molecule has 2 heteroatoms. The lowest BCUT2D eigenvalue weighted by atomic mass is 10.1. The fourth-order valence-corrected chi connectivity index (χ4v) is 0.898. The molecule has 0 aliphatic heterocycles. The van der Waals surface area contributed by atoms with E-state index >= 15 is 0 Å². The van der Waals surface area contributed by atoms with Crippen molar-refractivity contribution in [2.75, 3.05) is 13.2 Å². The van der Waals surface area contributed by atoms with Crippen LogP contribution in [0.2, 0.25) is 0 Å². The van der Waals surface area contributed by atoms with Gasteiger partial charge in [-0.2, -0.15) is 0 Å². The molecule has 0 aliphatic carbocycles. The van der Waals surface area contributed by atoms with Crippen LogP contribution in [0.25, 0.3) is 0 Å². The van der Waals surface area contributed by atoms with E-state index in [1.165, 1.54) is 0 Å². The first kappa shape index (κ1) is 10.9. The largest absolute Gasteiger partial charge is 0.381 e. The quantitative estimate of drug-likeness (QED) is 0.576. The SMILES string of the molecule is CCCOCCCC(N)CC. The third-order valence-corrected chi connectivity index (χ3v) is 1.74. The number of hydrogen-bond donors (Lipinski definition) is 1. The molecule has 0 aromatic rings. The number of nitrogens with two attached hydrogens (primary N) is 1. The average molecular weight is 159 g/mol. The zero-order valence-corrected chi connectivity index (χ0v) is 7.81. The van der Waals surface area contributed by atoms with Gasteiger partial charge in [-0.25, -0.2) is 0 Å². The smallest absolute Gasteiger partial charge is 0.0466 e. The van der Waals surface area contributed by atoms with Crippen molar-refractivity contribution in [3.05, 3.63) is 0 Å². The molecule has 0 heterocycles. The summed E-state index contributed by atoms with van der Waals surface area (Å²) in [5, 5.41) is 0. The zero-order valence-electron chi connectivity index (χ0n) is 7.81. The van der Waals surface area contributed by atoms with Crippen molar-refractivity contribution in [3.63, 3.8) is 0 Å². The monoisotopic (exact) mass is 159 g/mol. The molecule has 0 spiro atoms. The van der Waals surface area contributed by atoms with Crippen molar-refractivity contribution in [1.82, 2.24) is 0 Å². The van der Waals surface area contributed by atoms with E-state index in [0.29, 0.717) is 6.04 Å². The van der Waals surface area contributed by atoms with Gasteiger partial charge in [0.25, 0.3) is 0 Å². The minimum Gasteiger partial charge on any atom is -0.381 e. The van der Waals surface area contributed by atoms with Gasteiger partial charge in [-0.1, -0.05) is 13.8 Å². The van der Waals surface area contributed by atoms with Crippen LogP contribution in [0, 0.1) is 0 Å². The molecule has 0 aromatic carbocycles. The Morgan fingerprint density at radius 2 is 2.00 bits per heavy atom. The molecule has 2 N–H and O–H groups in total. The zero-order chi connectivity index (χ0) is 8.53. The molecule has 0 bridgehead atoms. The van der Waals surface area contributed by atoms with Gasteiger partial charge in [-0.05, 0) is 25.7 Å². The van der Waals surface area contributed by atoms with Crippen LogP contribution in [0.3, 0.4) is 0 Å². The van der Waals surface area contributed by atoms with Gasteiger partial charge in [-0.15, -0.1) is 0 Å². The minimum atomic E-state index is 0.375. The van der Waals surface area contributed by atoms with Crippen LogP contribution in [-0.4, -0.2) is 19.3 Å². The number of hydrogen-bond acceptors (Lipinski definition) is 2. The van der Waals surface area contributed by atoms with Crippen LogP contribution in [0.1, 0.15) is 39.5 Å². The summed E-state index contributed by atoms with van der Waals surface area (Å²) in [5.74, 6) is 0. The van der Waals surface area contributed by atoms with Gasteiger partial charge in [0.1, 0.15) is 0 Å². The van der Waals surface area contributed by atoms with Crippen LogP contribution in [0.4, 0.5) is 0 Å². The summed E-state index contributed by atoms with van der Waals surface area (Å²) in [4.78, 5) is 0. The molecule has 0 saturated carbocycles. The van der Waals surface area contributed by atoms with E-state index in [1.807, 2.05) is 0 Å². The van der Waals surface area contributed by atoms with Crippen molar-refractivity contribution in [2.45, 2.75) is 45.6 Å². The van der Waals surface area contributed by atoms with Gasteiger partial charge >= 0.3 is 0 Å². The van der Waals surface area contributed by atoms with Crippen LogP contribution in [-0.2, 0) is 4.74 Å². The Balaban J connectivity index is 2.89. The first-order chi connectivity index (χ1) is 5.31. The second kappa shape index (κ2) is 8.02. The number of ether oxygens (including phenoxy) is 1. The highest BCUT2D eigenvalue weighted by Crippen LogP contribution is 1.98. The predicted molar refractivity (Wildman–Crippen MR) is 48.6 cm³/mol. The highest BCUT2D eigenvalue weighted by molar-refractivity contribution is 4.56. The Morgan fingerprint density at radius 3 is 2.55 bits per heavy atom. The van der Waals surface area contributed by atoms with Gasteiger partial charge in [0.05, 0.1) is 0 Å². The van der Waals surface area contributed by atoms with Gasteiger partial charge < -0.3 is 10.5 Å². The summed E-state index contributed by atoms with van der Waals surface area (Å²) in [6.07, 6.45) is 4.39. The number of rotatable bonds is 7. The molecule has 2 nitrogen and oxygen atoms in total. The average Bonchev–Trinajstić information content (AvgIpc) is 2.04. The lowest BCUT2D eigenvalue weighted by Gasteiger charge is -2.07. The van der Waals surface area contributed by atoms with Gasteiger partial charge in [0.2, 0.25) is 0 Å². The molecule has 0 amide bonds. The Morgan fingerprint density at radius 1 is 1.27 bits per heavy atom. The Hall–Kier alpha value is -0.0800. The van der Waals surface area contributed by atoms with Crippen molar-refractivity contribution in [2.24, 2.45) is 5.73 Å². The van der Waals surface area contributed by atoms with Crippen molar-refractivity contribution in [1.29, 1.82) is 0 Å². The van der Waals surface area contributed by atoms with Gasteiger partial charge in [-0.3, -0.25) is 0 Å². The maximum atomic E-state index is 5.73. The molecule has 0 aliphatic rings. The Labute approximate surface area is 70.1 Å². The van der Waals surface area contributed by atoms with Crippen LogP contribution in [0.15, 0.2) is 0 Å². The standard InChI is InChI=1S/C9H21NO/c1-3-7-11-8-5-6-9(10)4-2/h9H,3-8,10H2,1-2H3. The van der Waals surface area contributed by atoms with Gasteiger partial charge in [0, 0.05) is 19.3 Å². The third kappa shape index (κ3) is 7.82. The molecule has 0 fully saturated rings. The Bertz CT molecular complexity index is 76.0. The van der Waals surface area contributed by atoms with Crippen molar-refractivity contribution < 1.29 is 4.74 Å². The van der Waals surface area contributed by atoms with E-state index < -0.39 is 0 Å². The second-order valence-electron chi connectivity index (χ2n) is 2.92. The van der Waals surface area contributed by atoms with Gasteiger partial charge in [0.15, 0.2) is 0 Å². The molecular formula is C9H21NO. The highest BCUT2D eigenvalue weighted by atomic mass is 16.5. The molecule has 1 atom stereocenters. The van der Waals surface area contributed by atoms with Crippen molar-refractivity contribution in [3.8, 4) is 0 Å². The molecule has 68 valence electrons. The first-order valence-corrected chi connectivity index (χ1v) is 4.64. The lowest BCUT2D eigenvalue weighted by Crippen LogP contribution is -2.18. The normalized spacial score (nSPS) is 13.4. The van der Waals surface area contributed by atoms with Crippen LogP contribution >= 0.6 is 0 Å². The van der Waals surface area contributed by atoms with E-state index in [4.69, 9.17) is 10.5 Å². The molecular weight excluding hydrogens is 138 g/mol. The molecule has 0 saturated heterocycles. The van der Waals surface area contributed by atoms with E-state index in [9.17, 15) is 0 Å². The minimum absolute atomic E-state index is 0.375. The third-order valence-electron chi connectivity index (χ3n) is 1.74. The van der Waals surface area contributed by atoms with E-state index in [1.54, 1.807) is 0 Å². The predicted octanol–water partition coefficient (Wildman–Crippen LogP) is 1.93. The first-order valence-electron chi connectivity index (χ1n) is 4.64.